The van der Waals surface area contributed by atoms with Crippen LogP contribution < -0.4 is 0 Å². The summed E-state index contributed by atoms with van der Waals surface area (Å²) in [6, 6.07) is 9.70. The minimum absolute atomic E-state index is 0. The van der Waals surface area contributed by atoms with Gasteiger partial charge in [-0.05, 0) is 49.9 Å². The molecule has 2 aromatic rings. The minimum Gasteiger partial charge on any atom is -0.453 e. The molecule has 0 N–H and O–H groups in total. The molecular formula is C17H20ClNO2. The number of fused-ring (bicyclic) bond motifs is 4. The molecule has 2 bridgehead atoms. The molecule has 3 saturated heterocycles. The molecule has 3 aliphatic heterocycles. The quantitative estimate of drug-likeness (QED) is 0.809. The first-order valence-corrected chi connectivity index (χ1v) is 7.54. The fourth-order valence-electron chi connectivity index (χ4n) is 3.78. The number of halogens is 1. The maximum atomic E-state index is 12.4. The third-order valence-electron chi connectivity index (χ3n) is 4.94. The summed E-state index contributed by atoms with van der Waals surface area (Å²) >= 11 is 0. The second kappa shape index (κ2) is 5.82. The monoisotopic (exact) mass is 305 g/mol. The Morgan fingerprint density at radius 1 is 1.24 bits per heavy atom. The molecule has 0 amide bonds. The normalized spacial score (nSPS) is 27.5. The van der Waals surface area contributed by atoms with Crippen molar-refractivity contribution in [3.8, 4) is 0 Å². The zero-order chi connectivity index (χ0) is 13.5. The third kappa shape index (κ3) is 2.72. The Morgan fingerprint density at radius 3 is 2.67 bits per heavy atom. The van der Waals surface area contributed by atoms with Crippen LogP contribution in [0.1, 0.15) is 29.8 Å². The van der Waals surface area contributed by atoms with Gasteiger partial charge in [0.25, 0.3) is 0 Å². The number of furan rings is 1. The maximum absolute atomic E-state index is 12.4. The fourth-order valence-corrected chi connectivity index (χ4v) is 3.78. The molecule has 0 saturated carbocycles. The Bertz CT molecular complexity index is 610. The van der Waals surface area contributed by atoms with E-state index in [-0.39, 0.29) is 18.2 Å². The summed E-state index contributed by atoms with van der Waals surface area (Å²) in [7, 11) is 0. The van der Waals surface area contributed by atoms with Crippen LogP contribution in [-0.2, 0) is 0 Å². The van der Waals surface area contributed by atoms with Crippen LogP contribution in [0, 0.1) is 11.8 Å². The molecule has 112 valence electrons. The number of piperidine rings is 3. The van der Waals surface area contributed by atoms with Crippen molar-refractivity contribution in [2.45, 2.75) is 19.3 Å². The lowest BCUT2D eigenvalue weighted by Crippen LogP contribution is -2.47. The lowest BCUT2D eigenvalue weighted by atomic mass is 9.76. The summed E-state index contributed by atoms with van der Waals surface area (Å²) in [6.45, 7) is 3.54. The summed E-state index contributed by atoms with van der Waals surface area (Å²) in [5.74, 6) is 1.97. The molecule has 3 fully saturated rings. The first-order valence-electron chi connectivity index (χ1n) is 7.54. The van der Waals surface area contributed by atoms with Gasteiger partial charge in [0, 0.05) is 18.4 Å². The van der Waals surface area contributed by atoms with Crippen LogP contribution in [0.2, 0.25) is 0 Å². The van der Waals surface area contributed by atoms with Crippen molar-refractivity contribution in [3.05, 3.63) is 36.1 Å². The first-order chi connectivity index (χ1) is 9.79. The Hall–Kier alpha value is -1.32. The van der Waals surface area contributed by atoms with Gasteiger partial charge in [0.15, 0.2) is 11.5 Å². The Kier molecular flexibility index (Phi) is 4.05. The van der Waals surface area contributed by atoms with E-state index >= 15 is 0 Å². The Morgan fingerprint density at radius 2 is 2.00 bits per heavy atom. The molecule has 4 heterocycles. The molecule has 0 radical (unpaired) electrons. The zero-order valence-electron chi connectivity index (χ0n) is 12.0. The van der Waals surface area contributed by atoms with Gasteiger partial charge in [0.2, 0.25) is 0 Å². The highest BCUT2D eigenvalue weighted by atomic mass is 35.5. The van der Waals surface area contributed by atoms with E-state index in [4.69, 9.17) is 4.42 Å². The number of hydrogen-bond donors (Lipinski definition) is 0. The maximum Gasteiger partial charge on any atom is 0.198 e. The molecule has 0 spiro atoms. The first kappa shape index (κ1) is 14.6. The molecule has 1 atom stereocenters. The zero-order valence-corrected chi connectivity index (χ0v) is 12.8. The number of para-hydroxylation sites is 1. The topological polar surface area (TPSA) is 33.5 Å². The lowest BCUT2D eigenvalue weighted by Gasteiger charge is -2.44. The second-order valence-corrected chi connectivity index (χ2v) is 6.17. The average Bonchev–Trinajstić information content (AvgIpc) is 2.92. The van der Waals surface area contributed by atoms with E-state index in [1.54, 1.807) is 0 Å². The standard InChI is InChI=1S/C17H19NO2.ClH/c19-15(9-14-11-18-7-5-12(14)6-8-18)17-10-13-3-1-2-4-16(13)20-17;/h1-4,10,12,14H,5-9,11H2;1H. The van der Waals surface area contributed by atoms with Crippen LogP contribution in [0.25, 0.3) is 11.0 Å². The smallest absolute Gasteiger partial charge is 0.198 e. The summed E-state index contributed by atoms with van der Waals surface area (Å²) in [5, 5.41) is 1.02. The van der Waals surface area contributed by atoms with Gasteiger partial charge >= 0.3 is 0 Å². The molecule has 4 heteroatoms. The molecule has 3 aliphatic rings. The number of Topliss-reactive ketones (excluding diaryl/α,β-unsaturated/α-hetero) is 1. The summed E-state index contributed by atoms with van der Waals surface area (Å²) in [5.41, 5.74) is 0.810. The van der Waals surface area contributed by atoms with Crippen molar-refractivity contribution in [2.24, 2.45) is 11.8 Å². The predicted molar refractivity (Wildman–Crippen MR) is 85.1 cm³/mol. The van der Waals surface area contributed by atoms with Gasteiger partial charge in [-0.25, -0.2) is 0 Å². The number of hydrogen-bond acceptors (Lipinski definition) is 3. The molecule has 21 heavy (non-hydrogen) atoms. The van der Waals surface area contributed by atoms with Crippen molar-refractivity contribution < 1.29 is 9.21 Å². The number of rotatable bonds is 3. The highest BCUT2D eigenvalue weighted by molar-refractivity contribution is 5.97. The lowest BCUT2D eigenvalue weighted by molar-refractivity contribution is 0.0433. The van der Waals surface area contributed by atoms with Crippen molar-refractivity contribution in [2.75, 3.05) is 19.6 Å². The molecular weight excluding hydrogens is 286 g/mol. The van der Waals surface area contributed by atoms with E-state index in [0.29, 0.717) is 18.1 Å². The van der Waals surface area contributed by atoms with Crippen LogP contribution in [0.4, 0.5) is 0 Å². The van der Waals surface area contributed by atoms with Crippen molar-refractivity contribution in [3.63, 3.8) is 0 Å². The number of ketones is 1. The highest BCUT2D eigenvalue weighted by Crippen LogP contribution is 2.35. The Balaban J connectivity index is 0.00000132. The van der Waals surface area contributed by atoms with Crippen LogP contribution >= 0.6 is 12.4 Å². The summed E-state index contributed by atoms with van der Waals surface area (Å²) in [6.07, 6.45) is 3.16. The highest BCUT2D eigenvalue weighted by Gasteiger charge is 2.35. The largest absolute Gasteiger partial charge is 0.453 e. The SMILES string of the molecule is Cl.O=C(CC1CN2CCC1CC2)c1cc2ccccc2o1. The molecule has 1 aromatic heterocycles. The average molecular weight is 306 g/mol. The number of benzene rings is 1. The van der Waals surface area contributed by atoms with E-state index in [9.17, 15) is 4.79 Å². The molecule has 5 rings (SSSR count). The van der Waals surface area contributed by atoms with E-state index in [1.807, 2.05) is 30.3 Å². The van der Waals surface area contributed by atoms with E-state index in [1.165, 1.54) is 25.9 Å². The van der Waals surface area contributed by atoms with E-state index in [0.717, 1.165) is 23.4 Å². The van der Waals surface area contributed by atoms with Gasteiger partial charge in [-0.2, -0.15) is 0 Å². The number of carbonyl (C=O) groups excluding carboxylic acids is 1. The predicted octanol–water partition coefficient (Wildman–Crippen LogP) is 3.77. The van der Waals surface area contributed by atoms with E-state index < -0.39 is 0 Å². The number of nitrogens with zero attached hydrogens (tertiary/aromatic N) is 1. The molecule has 3 nitrogen and oxygen atoms in total. The van der Waals surface area contributed by atoms with Crippen LogP contribution in [0.5, 0.6) is 0 Å². The fraction of sp³-hybridized carbons (Fsp3) is 0.471. The van der Waals surface area contributed by atoms with Crippen LogP contribution in [-0.4, -0.2) is 30.3 Å². The third-order valence-corrected chi connectivity index (χ3v) is 4.94. The molecule has 1 aromatic carbocycles. The second-order valence-electron chi connectivity index (χ2n) is 6.17. The van der Waals surface area contributed by atoms with Crippen LogP contribution in [0.15, 0.2) is 34.7 Å². The van der Waals surface area contributed by atoms with Gasteiger partial charge in [0.1, 0.15) is 5.58 Å². The van der Waals surface area contributed by atoms with Crippen molar-refractivity contribution in [1.82, 2.24) is 4.90 Å². The van der Waals surface area contributed by atoms with Gasteiger partial charge in [-0.1, -0.05) is 18.2 Å². The minimum atomic E-state index is 0. The van der Waals surface area contributed by atoms with Crippen molar-refractivity contribution in [1.29, 1.82) is 0 Å². The van der Waals surface area contributed by atoms with Gasteiger partial charge in [-0.3, -0.25) is 4.79 Å². The number of carbonyl (C=O) groups is 1. The summed E-state index contributed by atoms with van der Waals surface area (Å²) < 4.78 is 5.69. The van der Waals surface area contributed by atoms with Crippen molar-refractivity contribution >= 4 is 29.2 Å². The van der Waals surface area contributed by atoms with Crippen LogP contribution in [0.3, 0.4) is 0 Å². The van der Waals surface area contributed by atoms with Gasteiger partial charge < -0.3 is 9.32 Å². The molecule has 0 aliphatic carbocycles. The summed E-state index contributed by atoms with van der Waals surface area (Å²) in [4.78, 5) is 14.9. The Labute approximate surface area is 130 Å². The van der Waals surface area contributed by atoms with E-state index in [2.05, 4.69) is 4.90 Å². The van der Waals surface area contributed by atoms with Gasteiger partial charge in [0.05, 0.1) is 0 Å². The molecule has 1 unspecified atom stereocenters. The van der Waals surface area contributed by atoms with Gasteiger partial charge in [-0.15, -0.1) is 12.4 Å².